The Morgan fingerprint density at radius 1 is 0.468 bits per heavy atom. The van der Waals surface area contributed by atoms with E-state index in [1.54, 1.807) is 0 Å². The number of nitrogens with one attached hydrogen (secondary N) is 1. The van der Waals surface area contributed by atoms with Gasteiger partial charge in [0.15, 0.2) is 0 Å². The van der Waals surface area contributed by atoms with E-state index in [0.29, 0.717) is 33.0 Å². The molecule has 1 N–H and O–H groups in total. The van der Waals surface area contributed by atoms with Gasteiger partial charge in [0.1, 0.15) is 28.7 Å². The van der Waals surface area contributed by atoms with Crippen molar-refractivity contribution in [1.29, 1.82) is 0 Å². The first-order valence-electron chi connectivity index (χ1n) is 16.5. The van der Waals surface area contributed by atoms with Crippen LogP contribution in [0.4, 0.5) is 11.4 Å². The summed E-state index contributed by atoms with van der Waals surface area (Å²) in [6.07, 6.45) is 0.981. The third-order valence-corrected chi connectivity index (χ3v) is 7.34. The number of pyridine rings is 1. The molecular formula is C40H44N2O5. The zero-order valence-electron chi connectivity index (χ0n) is 28.0. The lowest BCUT2D eigenvalue weighted by atomic mass is 9.99. The van der Waals surface area contributed by atoms with E-state index in [9.17, 15) is 0 Å². The molecule has 0 bridgehead atoms. The lowest BCUT2D eigenvalue weighted by Gasteiger charge is -2.17. The Morgan fingerprint density at radius 3 is 1.40 bits per heavy atom. The van der Waals surface area contributed by atoms with Crippen molar-refractivity contribution in [3.8, 4) is 62.4 Å². The number of rotatable bonds is 16. The number of hydrogen-bond acceptors (Lipinski definition) is 7. The first-order valence-corrected chi connectivity index (χ1v) is 16.5. The van der Waals surface area contributed by atoms with Gasteiger partial charge in [0.25, 0.3) is 0 Å². The van der Waals surface area contributed by atoms with Crippen LogP contribution in [0.3, 0.4) is 0 Å². The maximum atomic E-state index is 6.10. The molecule has 0 atom stereocenters. The molecule has 5 aromatic rings. The Hall–Kier alpha value is -5.17. The van der Waals surface area contributed by atoms with Crippen LogP contribution in [-0.2, 0) is 0 Å². The predicted molar refractivity (Wildman–Crippen MR) is 191 cm³/mol. The Morgan fingerprint density at radius 2 is 0.936 bits per heavy atom. The molecule has 1 aromatic heterocycles. The first-order chi connectivity index (χ1) is 23.0. The van der Waals surface area contributed by atoms with Gasteiger partial charge in [0.05, 0.1) is 44.4 Å². The minimum absolute atomic E-state index is 0.519. The van der Waals surface area contributed by atoms with Gasteiger partial charge < -0.3 is 29.0 Å². The van der Waals surface area contributed by atoms with Crippen LogP contribution in [0.1, 0.15) is 41.0 Å². The minimum atomic E-state index is 0.519. The minimum Gasteiger partial charge on any atom is -0.494 e. The maximum Gasteiger partial charge on any atom is 0.132 e. The summed E-state index contributed by atoms with van der Waals surface area (Å²) in [4.78, 5) is 5.17. The van der Waals surface area contributed by atoms with Gasteiger partial charge >= 0.3 is 0 Å². The molecule has 0 aliphatic rings. The van der Waals surface area contributed by atoms with E-state index in [-0.39, 0.29) is 0 Å². The first kappa shape index (κ1) is 33.2. The molecule has 0 saturated carbocycles. The summed E-state index contributed by atoms with van der Waals surface area (Å²) in [5, 5.41) is 3.49. The lowest BCUT2D eigenvalue weighted by Crippen LogP contribution is -2.00. The molecule has 0 radical (unpaired) electrons. The predicted octanol–water partition coefficient (Wildman–Crippen LogP) is 10.2. The molecule has 0 aliphatic heterocycles. The van der Waals surface area contributed by atoms with E-state index < -0.39 is 0 Å². The summed E-state index contributed by atoms with van der Waals surface area (Å²) in [5.74, 6) is 3.82. The molecule has 0 aliphatic carbocycles. The van der Waals surface area contributed by atoms with Crippen molar-refractivity contribution in [3.05, 3.63) is 97.1 Å². The molecule has 0 spiro atoms. The van der Waals surface area contributed by atoms with Gasteiger partial charge in [-0.05, 0) is 118 Å². The van der Waals surface area contributed by atoms with Crippen LogP contribution >= 0.6 is 0 Å². The van der Waals surface area contributed by atoms with Crippen LogP contribution in [0.2, 0.25) is 0 Å². The van der Waals surface area contributed by atoms with Gasteiger partial charge in [0.2, 0.25) is 0 Å². The average Bonchev–Trinajstić information content (AvgIpc) is 3.09. The molecule has 47 heavy (non-hydrogen) atoms. The van der Waals surface area contributed by atoms with E-state index >= 15 is 0 Å². The lowest BCUT2D eigenvalue weighted by molar-refractivity contribution is 0.317. The normalized spacial score (nSPS) is 10.7. The van der Waals surface area contributed by atoms with Crippen LogP contribution in [-0.4, -0.2) is 38.0 Å². The van der Waals surface area contributed by atoms with Crippen molar-refractivity contribution in [2.24, 2.45) is 0 Å². The maximum absolute atomic E-state index is 6.10. The molecule has 7 heteroatoms. The largest absolute Gasteiger partial charge is 0.494 e. The molecular weight excluding hydrogens is 588 g/mol. The zero-order chi connectivity index (χ0) is 33.0. The molecule has 0 amide bonds. The summed E-state index contributed by atoms with van der Waals surface area (Å²) in [6.45, 7) is 12.9. The van der Waals surface area contributed by atoms with Gasteiger partial charge in [-0.25, -0.2) is 4.98 Å². The highest BCUT2D eigenvalue weighted by molar-refractivity contribution is 5.81. The van der Waals surface area contributed by atoms with Crippen LogP contribution in [0.25, 0.3) is 33.6 Å². The fourth-order valence-electron chi connectivity index (χ4n) is 5.23. The van der Waals surface area contributed by atoms with Crippen LogP contribution in [0.15, 0.2) is 97.1 Å². The van der Waals surface area contributed by atoms with Gasteiger partial charge in [-0.3, -0.25) is 0 Å². The second-order valence-corrected chi connectivity index (χ2v) is 10.7. The zero-order valence-corrected chi connectivity index (χ0v) is 28.0. The van der Waals surface area contributed by atoms with Crippen molar-refractivity contribution in [1.82, 2.24) is 4.98 Å². The molecule has 0 saturated heterocycles. The number of aromatic nitrogens is 1. The average molecular weight is 633 g/mol. The molecule has 1 heterocycles. The quantitative estimate of drug-likeness (QED) is 0.116. The number of nitrogens with zero attached hydrogens (tertiary/aromatic N) is 1. The van der Waals surface area contributed by atoms with Gasteiger partial charge in [0, 0.05) is 34.6 Å². The third-order valence-electron chi connectivity index (χ3n) is 7.34. The molecule has 5 rings (SSSR count). The summed E-state index contributed by atoms with van der Waals surface area (Å²) in [7, 11) is 0. The third kappa shape index (κ3) is 8.55. The Balaban J connectivity index is 1.55. The monoisotopic (exact) mass is 632 g/mol. The summed E-state index contributed by atoms with van der Waals surface area (Å²) in [5.41, 5.74) is 7.38. The molecule has 0 fully saturated rings. The molecule has 4 aromatic carbocycles. The highest BCUT2D eigenvalue weighted by Gasteiger charge is 2.17. The van der Waals surface area contributed by atoms with Gasteiger partial charge in [-0.2, -0.15) is 0 Å². The SMILES string of the molecule is CCCOc1ccc(Nc2ccc(-c3cc(-c4ccc(OCC)cc4OCC)nc(-c4ccc(OCC)cc4OCC)c3)cc2)cc1. The van der Waals surface area contributed by atoms with Crippen LogP contribution in [0, 0.1) is 0 Å². The van der Waals surface area contributed by atoms with Crippen molar-refractivity contribution in [3.63, 3.8) is 0 Å². The Bertz CT molecular complexity index is 1660. The van der Waals surface area contributed by atoms with Gasteiger partial charge in [-0.15, -0.1) is 0 Å². The van der Waals surface area contributed by atoms with E-state index in [1.807, 2.05) is 88.4 Å². The number of hydrogen-bond donors (Lipinski definition) is 1. The Labute approximate surface area is 278 Å². The number of benzene rings is 4. The van der Waals surface area contributed by atoms with Crippen molar-refractivity contribution in [2.45, 2.75) is 41.0 Å². The topological polar surface area (TPSA) is 71.1 Å². The van der Waals surface area contributed by atoms with E-state index in [2.05, 4.69) is 48.6 Å². The summed E-state index contributed by atoms with van der Waals surface area (Å²) in [6, 6.07) is 32.5. The van der Waals surface area contributed by atoms with E-state index in [1.165, 1.54) is 0 Å². The molecule has 244 valence electrons. The van der Waals surface area contributed by atoms with Crippen molar-refractivity contribution in [2.75, 3.05) is 38.4 Å². The summed E-state index contributed by atoms with van der Waals surface area (Å²) < 4.78 is 29.5. The van der Waals surface area contributed by atoms with Crippen molar-refractivity contribution < 1.29 is 23.7 Å². The standard InChI is InChI=1S/C40H44N2O5/c1-6-23-47-32-17-15-31(16-18-32)41-30-13-11-28(12-14-30)29-24-37(35-21-19-33(43-7-2)26-39(35)45-9-4)42-38(25-29)36-22-20-34(44-8-3)27-40(36)46-10-5/h11-22,24-27,41H,6-10,23H2,1-5H3. The molecule has 0 unspecified atom stereocenters. The second-order valence-electron chi connectivity index (χ2n) is 10.7. The fraction of sp³-hybridized carbons (Fsp3) is 0.275. The van der Waals surface area contributed by atoms with E-state index in [4.69, 9.17) is 28.7 Å². The Kier molecular flexibility index (Phi) is 11.6. The summed E-state index contributed by atoms with van der Waals surface area (Å²) >= 11 is 0. The highest BCUT2D eigenvalue weighted by Crippen LogP contribution is 2.39. The fourth-order valence-corrected chi connectivity index (χ4v) is 5.23. The number of ether oxygens (including phenoxy) is 5. The molecule has 7 nitrogen and oxygen atoms in total. The van der Waals surface area contributed by atoms with Crippen molar-refractivity contribution >= 4 is 11.4 Å². The van der Waals surface area contributed by atoms with Gasteiger partial charge in [-0.1, -0.05) is 19.1 Å². The smallest absolute Gasteiger partial charge is 0.132 e. The number of anilines is 2. The van der Waals surface area contributed by atoms with Crippen LogP contribution in [0.5, 0.6) is 28.7 Å². The van der Waals surface area contributed by atoms with Crippen LogP contribution < -0.4 is 29.0 Å². The highest BCUT2D eigenvalue weighted by atomic mass is 16.5. The van der Waals surface area contributed by atoms with E-state index in [0.717, 1.165) is 80.2 Å². The second kappa shape index (κ2) is 16.4.